The third-order valence-electron chi connectivity index (χ3n) is 2.87. The van der Waals surface area contributed by atoms with Crippen LogP contribution < -0.4 is 10.6 Å². The highest BCUT2D eigenvalue weighted by Crippen LogP contribution is 2.20. The number of nitrogens with one attached hydrogen (secondary N) is 2. The molecule has 6 heteroatoms. The van der Waals surface area contributed by atoms with Crippen molar-refractivity contribution >= 4 is 17.2 Å². The Morgan fingerprint density at radius 1 is 1.33 bits per heavy atom. The molecule has 0 bridgehead atoms. The van der Waals surface area contributed by atoms with Gasteiger partial charge in [0.05, 0.1) is 11.4 Å². The lowest BCUT2D eigenvalue weighted by Gasteiger charge is -2.07. The van der Waals surface area contributed by atoms with Gasteiger partial charge in [-0.3, -0.25) is 9.78 Å². The SMILES string of the molecule is CC(C)C(=O)NCCNCc1csc(-c2ccccn2)n1. The topological polar surface area (TPSA) is 66.9 Å². The summed E-state index contributed by atoms with van der Waals surface area (Å²) in [5.41, 5.74) is 1.90. The van der Waals surface area contributed by atoms with Crippen LogP contribution in [0, 0.1) is 5.92 Å². The number of pyridine rings is 1. The van der Waals surface area contributed by atoms with E-state index in [0.717, 1.165) is 22.9 Å². The maximum Gasteiger partial charge on any atom is 0.222 e. The molecule has 2 rings (SSSR count). The summed E-state index contributed by atoms with van der Waals surface area (Å²) in [6.45, 7) is 5.83. The molecule has 2 aromatic rings. The number of nitrogens with zero attached hydrogens (tertiary/aromatic N) is 2. The average molecular weight is 304 g/mol. The monoisotopic (exact) mass is 304 g/mol. The summed E-state index contributed by atoms with van der Waals surface area (Å²) in [7, 11) is 0. The normalized spacial score (nSPS) is 10.8. The van der Waals surface area contributed by atoms with Crippen LogP contribution >= 0.6 is 11.3 Å². The van der Waals surface area contributed by atoms with Crippen LogP contribution in [0.25, 0.3) is 10.7 Å². The van der Waals surface area contributed by atoms with Gasteiger partial charge in [0, 0.05) is 37.1 Å². The largest absolute Gasteiger partial charge is 0.355 e. The van der Waals surface area contributed by atoms with Crippen molar-refractivity contribution in [2.75, 3.05) is 13.1 Å². The Bertz CT molecular complexity index is 568. The number of rotatable bonds is 7. The molecule has 0 atom stereocenters. The van der Waals surface area contributed by atoms with Crippen molar-refractivity contribution < 1.29 is 4.79 Å². The molecule has 1 amide bonds. The Morgan fingerprint density at radius 2 is 2.19 bits per heavy atom. The average Bonchev–Trinajstić information content (AvgIpc) is 2.96. The van der Waals surface area contributed by atoms with E-state index in [4.69, 9.17) is 0 Å². The van der Waals surface area contributed by atoms with E-state index in [1.165, 1.54) is 0 Å². The maximum atomic E-state index is 11.4. The van der Waals surface area contributed by atoms with Gasteiger partial charge in [-0.2, -0.15) is 0 Å². The maximum absolute atomic E-state index is 11.4. The van der Waals surface area contributed by atoms with Crippen LogP contribution in [-0.4, -0.2) is 29.0 Å². The zero-order valence-electron chi connectivity index (χ0n) is 12.3. The molecule has 21 heavy (non-hydrogen) atoms. The van der Waals surface area contributed by atoms with E-state index in [9.17, 15) is 4.79 Å². The lowest BCUT2D eigenvalue weighted by atomic mass is 10.2. The summed E-state index contributed by atoms with van der Waals surface area (Å²) in [4.78, 5) is 20.2. The Balaban J connectivity index is 1.73. The lowest BCUT2D eigenvalue weighted by molar-refractivity contribution is -0.123. The number of carbonyl (C=O) groups excluding carboxylic acids is 1. The van der Waals surface area contributed by atoms with E-state index in [1.54, 1.807) is 17.5 Å². The predicted octanol–water partition coefficient (Wildman–Crippen LogP) is 2.07. The molecule has 0 saturated heterocycles. The first-order valence-electron chi connectivity index (χ1n) is 7.01. The molecule has 112 valence electrons. The summed E-state index contributed by atoms with van der Waals surface area (Å²) in [6.07, 6.45) is 1.77. The second-order valence-electron chi connectivity index (χ2n) is 4.98. The standard InChI is InChI=1S/C15H20N4OS/c1-11(2)14(20)18-8-7-16-9-12-10-21-15(19-12)13-5-3-4-6-17-13/h3-6,10-11,16H,7-9H2,1-2H3,(H,18,20). The van der Waals surface area contributed by atoms with Crippen molar-refractivity contribution in [2.24, 2.45) is 5.92 Å². The zero-order chi connectivity index (χ0) is 15.1. The van der Waals surface area contributed by atoms with Gasteiger partial charge in [-0.05, 0) is 12.1 Å². The highest BCUT2D eigenvalue weighted by atomic mass is 32.1. The van der Waals surface area contributed by atoms with Gasteiger partial charge in [-0.15, -0.1) is 11.3 Å². The molecule has 0 spiro atoms. The first-order chi connectivity index (χ1) is 10.2. The molecule has 0 radical (unpaired) electrons. The molecule has 0 aromatic carbocycles. The fourth-order valence-electron chi connectivity index (χ4n) is 1.69. The van der Waals surface area contributed by atoms with Gasteiger partial charge in [0.1, 0.15) is 5.01 Å². The molecule has 0 saturated carbocycles. The molecule has 2 heterocycles. The third-order valence-corrected chi connectivity index (χ3v) is 3.78. The molecular formula is C15H20N4OS. The highest BCUT2D eigenvalue weighted by Gasteiger charge is 2.06. The summed E-state index contributed by atoms with van der Waals surface area (Å²) in [6, 6.07) is 5.81. The minimum Gasteiger partial charge on any atom is -0.355 e. The zero-order valence-corrected chi connectivity index (χ0v) is 13.1. The fourth-order valence-corrected chi connectivity index (χ4v) is 2.48. The molecule has 2 N–H and O–H groups in total. The van der Waals surface area contributed by atoms with Crippen molar-refractivity contribution in [3.63, 3.8) is 0 Å². The second-order valence-corrected chi connectivity index (χ2v) is 5.84. The first-order valence-corrected chi connectivity index (χ1v) is 7.89. The molecule has 0 unspecified atom stereocenters. The Morgan fingerprint density at radius 3 is 2.90 bits per heavy atom. The van der Waals surface area contributed by atoms with Crippen LogP contribution in [0.5, 0.6) is 0 Å². The number of amides is 1. The van der Waals surface area contributed by atoms with Crippen LogP contribution in [0.4, 0.5) is 0 Å². The molecular weight excluding hydrogens is 284 g/mol. The summed E-state index contributed by atoms with van der Waals surface area (Å²) >= 11 is 1.59. The summed E-state index contributed by atoms with van der Waals surface area (Å²) in [5, 5.41) is 9.10. The van der Waals surface area contributed by atoms with E-state index in [2.05, 4.69) is 20.6 Å². The summed E-state index contributed by atoms with van der Waals surface area (Å²) in [5.74, 6) is 0.118. The van der Waals surface area contributed by atoms with Gasteiger partial charge in [-0.25, -0.2) is 4.98 Å². The van der Waals surface area contributed by atoms with Crippen molar-refractivity contribution in [3.05, 3.63) is 35.5 Å². The number of thiazole rings is 1. The fraction of sp³-hybridized carbons (Fsp3) is 0.400. The van der Waals surface area contributed by atoms with E-state index in [0.29, 0.717) is 13.1 Å². The minimum atomic E-state index is 0.0319. The van der Waals surface area contributed by atoms with Crippen molar-refractivity contribution in [1.82, 2.24) is 20.6 Å². The van der Waals surface area contributed by atoms with Gasteiger partial charge in [-0.1, -0.05) is 19.9 Å². The number of carbonyl (C=O) groups is 1. The van der Waals surface area contributed by atoms with Crippen LogP contribution in [0.1, 0.15) is 19.5 Å². The van der Waals surface area contributed by atoms with Crippen molar-refractivity contribution in [1.29, 1.82) is 0 Å². The molecule has 2 aromatic heterocycles. The van der Waals surface area contributed by atoms with E-state index < -0.39 is 0 Å². The number of hydrogen-bond donors (Lipinski definition) is 2. The predicted molar refractivity (Wildman–Crippen MR) is 84.9 cm³/mol. The quantitative estimate of drug-likeness (QED) is 0.769. The summed E-state index contributed by atoms with van der Waals surface area (Å²) < 4.78 is 0. The number of aromatic nitrogens is 2. The smallest absolute Gasteiger partial charge is 0.222 e. The van der Waals surface area contributed by atoms with Gasteiger partial charge < -0.3 is 10.6 Å². The Kier molecular flexibility index (Phi) is 5.83. The molecule has 0 fully saturated rings. The second kappa shape index (κ2) is 7.85. The molecule has 5 nitrogen and oxygen atoms in total. The minimum absolute atomic E-state index is 0.0319. The number of hydrogen-bond acceptors (Lipinski definition) is 5. The van der Waals surface area contributed by atoms with E-state index >= 15 is 0 Å². The third kappa shape index (κ3) is 4.91. The Hall–Kier alpha value is -1.79. The van der Waals surface area contributed by atoms with Gasteiger partial charge in [0.15, 0.2) is 0 Å². The van der Waals surface area contributed by atoms with Crippen molar-refractivity contribution in [3.8, 4) is 10.7 Å². The van der Waals surface area contributed by atoms with Crippen LogP contribution in [-0.2, 0) is 11.3 Å². The molecule has 0 aliphatic heterocycles. The van der Waals surface area contributed by atoms with Gasteiger partial charge in [0.2, 0.25) is 5.91 Å². The van der Waals surface area contributed by atoms with Gasteiger partial charge in [0.25, 0.3) is 0 Å². The van der Waals surface area contributed by atoms with E-state index in [1.807, 2.05) is 37.4 Å². The Labute approximate surface area is 128 Å². The van der Waals surface area contributed by atoms with Crippen LogP contribution in [0.3, 0.4) is 0 Å². The lowest BCUT2D eigenvalue weighted by Crippen LogP contribution is -2.34. The van der Waals surface area contributed by atoms with Crippen LogP contribution in [0.2, 0.25) is 0 Å². The van der Waals surface area contributed by atoms with E-state index in [-0.39, 0.29) is 11.8 Å². The molecule has 0 aliphatic carbocycles. The van der Waals surface area contributed by atoms with Gasteiger partial charge >= 0.3 is 0 Å². The highest BCUT2D eigenvalue weighted by molar-refractivity contribution is 7.13. The van der Waals surface area contributed by atoms with Crippen LogP contribution in [0.15, 0.2) is 29.8 Å². The van der Waals surface area contributed by atoms with Crippen molar-refractivity contribution in [2.45, 2.75) is 20.4 Å². The first kappa shape index (κ1) is 15.6. The molecule has 0 aliphatic rings.